The second kappa shape index (κ2) is 5.39. The number of carbonyl (C=O) groups excluding carboxylic acids is 1. The van der Waals surface area contributed by atoms with E-state index in [2.05, 4.69) is 24.5 Å². The van der Waals surface area contributed by atoms with Crippen LogP contribution in [0.5, 0.6) is 0 Å². The molecule has 0 spiro atoms. The number of hydrogen-bond donors (Lipinski definition) is 2. The van der Waals surface area contributed by atoms with Crippen LogP contribution in [0.4, 0.5) is 5.69 Å². The minimum Gasteiger partial charge on any atom is -0.383 e. The molecule has 0 saturated heterocycles. The molecule has 0 aliphatic carbocycles. The van der Waals surface area contributed by atoms with E-state index in [4.69, 9.17) is 0 Å². The van der Waals surface area contributed by atoms with Gasteiger partial charge in [0.1, 0.15) is 0 Å². The van der Waals surface area contributed by atoms with E-state index in [1.54, 1.807) is 13.1 Å². The van der Waals surface area contributed by atoms with Crippen LogP contribution in [0, 0.1) is 0 Å². The monoisotopic (exact) mass is 206 g/mol. The number of rotatable bonds is 4. The van der Waals surface area contributed by atoms with Crippen LogP contribution in [0.2, 0.25) is 0 Å². The summed E-state index contributed by atoms with van der Waals surface area (Å²) >= 11 is 0. The molecule has 82 valence electrons. The van der Waals surface area contributed by atoms with Gasteiger partial charge in [0, 0.05) is 24.3 Å². The average Bonchev–Trinajstić information content (AvgIpc) is 2.28. The molecular weight excluding hydrogens is 188 g/mol. The largest absolute Gasteiger partial charge is 0.383 e. The Balaban J connectivity index is 2.78. The lowest BCUT2D eigenvalue weighted by atomic mass is 10.1. The third-order valence-corrected chi connectivity index (χ3v) is 2.38. The van der Waals surface area contributed by atoms with Gasteiger partial charge in [0.15, 0.2) is 0 Å². The van der Waals surface area contributed by atoms with E-state index < -0.39 is 0 Å². The highest BCUT2D eigenvalue weighted by atomic mass is 16.1. The Bertz CT molecular complexity index is 336. The molecule has 1 aromatic carbocycles. The summed E-state index contributed by atoms with van der Waals surface area (Å²) < 4.78 is 0. The first-order valence-corrected chi connectivity index (χ1v) is 5.26. The molecule has 0 saturated carbocycles. The van der Waals surface area contributed by atoms with Crippen molar-refractivity contribution in [1.29, 1.82) is 0 Å². The van der Waals surface area contributed by atoms with Gasteiger partial charge in [0.2, 0.25) is 0 Å². The maximum Gasteiger partial charge on any atom is 0.251 e. The van der Waals surface area contributed by atoms with Crippen LogP contribution >= 0.6 is 0 Å². The molecular formula is C12H18N2O. The highest BCUT2D eigenvalue weighted by Gasteiger charge is 2.04. The highest BCUT2D eigenvalue weighted by Crippen LogP contribution is 2.12. The summed E-state index contributed by atoms with van der Waals surface area (Å²) in [5.74, 6) is -0.0530. The van der Waals surface area contributed by atoms with Crippen molar-refractivity contribution in [2.45, 2.75) is 26.3 Å². The fraction of sp³-hybridized carbons (Fsp3) is 0.417. The lowest BCUT2D eigenvalue weighted by Crippen LogP contribution is -2.18. The average molecular weight is 206 g/mol. The number of nitrogens with one attached hydrogen (secondary N) is 2. The summed E-state index contributed by atoms with van der Waals surface area (Å²) in [5, 5.41) is 5.94. The van der Waals surface area contributed by atoms with E-state index in [0.717, 1.165) is 12.1 Å². The minimum atomic E-state index is -0.0530. The predicted molar refractivity (Wildman–Crippen MR) is 63.2 cm³/mol. The molecule has 3 nitrogen and oxygen atoms in total. The Morgan fingerprint density at radius 2 is 2.20 bits per heavy atom. The van der Waals surface area contributed by atoms with E-state index in [1.807, 2.05) is 18.2 Å². The maximum absolute atomic E-state index is 11.4. The van der Waals surface area contributed by atoms with Crippen molar-refractivity contribution >= 4 is 11.6 Å². The van der Waals surface area contributed by atoms with E-state index in [-0.39, 0.29) is 5.91 Å². The summed E-state index contributed by atoms with van der Waals surface area (Å²) in [6.45, 7) is 4.24. The van der Waals surface area contributed by atoms with Crippen LogP contribution in [0.15, 0.2) is 24.3 Å². The van der Waals surface area contributed by atoms with Gasteiger partial charge in [0.25, 0.3) is 5.91 Å². The molecule has 2 N–H and O–H groups in total. The quantitative estimate of drug-likeness (QED) is 0.793. The second-order valence-electron chi connectivity index (χ2n) is 3.61. The minimum absolute atomic E-state index is 0.0530. The zero-order chi connectivity index (χ0) is 11.3. The maximum atomic E-state index is 11.4. The molecule has 0 aliphatic rings. The summed E-state index contributed by atoms with van der Waals surface area (Å²) in [7, 11) is 1.64. The van der Waals surface area contributed by atoms with E-state index in [0.29, 0.717) is 11.6 Å². The van der Waals surface area contributed by atoms with Crippen molar-refractivity contribution in [2.24, 2.45) is 0 Å². The summed E-state index contributed by atoms with van der Waals surface area (Å²) in [6.07, 6.45) is 1.06. The predicted octanol–water partition coefficient (Wildman–Crippen LogP) is 2.26. The van der Waals surface area contributed by atoms with Crippen LogP contribution in [0.3, 0.4) is 0 Å². The van der Waals surface area contributed by atoms with Crippen molar-refractivity contribution in [3.8, 4) is 0 Å². The SMILES string of the molecule is CCC(C)Nc1cccc(C(=O)NC)c1. The first kappa shape index (κ1) is 11.6. The fourth-order valence-corrected chi connectivity index (χ4v) is 1.28. The van der Waals surface area contributed by atoms with Gasteiger partial charge in [-0.05, 0) is 31.5 Å². The Labute approximate surface area is 90.9 Å². The van der Waals surface area contributed by atoms with Gasteiger partial charge in [0.05, 0.1) is 0 Å². The first-order valence-electron chi connectivity index (χ1n) is 5.26. The van der Waals surface area contributed by atoms with Crippen molar-refractivity contribution in [2.75, 3.05) is 12.4 Å². The van der Waals surface area contributed by atoms with E-state index >= 15 is 0 Å². The number of amides is 1. The van der Waals surface area contributed by atoms with Crippen molar-refractivity contribution in [3.63, 3.8) is 0 Å². The summed E-state index contributed by atoms with van der Waals surface area (Å²) in [5.41, 5.74) is 1.68. The number of benzene rings is 1. The summed E-state index contributed by atoms with van der Waals surface area (Å²) in [4.78, 5) is 11.4. The molecule has 1 unspecified atom stereocenters. The van der Waals surface area contributed by atoms with Crippen molar-refractivity contribution in [1.82, 2.24) is 5.32 Å². The van der Waals surface area contributed by atoms with Gasteiger partial charge in [-0.15, -0.1) is 0 Å². The van der Waals surface area contributed by atoms with Crippen LogP contribution in [-0.2, 0) is 0 Å². The third kappa shape index (κ3) is 3.27. The molecule has 0 heterocycles. The van der Waals surface area contributed by atoms with Gasteiger partial charge in [-0.1, -0.05) is 13.0 Å². The zero-order valence-corrected chi connectivity index (χ0v) is 9.50. The third-order valence-electron chi connectivity index (χ3n) is 2.38. The van der Waals surface area contributed by atoms with Crippen molar-refractivity contribution < 1.29 is 4.79 Å². The van der Waals surface area contributed by atoms with E-state index in [9.17, 15) is 4.79 Å². The Hall–Kier alpha value is -1.51. The van der Waals surface area contributed by atoms with Crippen LogP contribution in [0.1, 0.15) is 30.6 Å². The smallest absolute Gasteiger partial charge is 0.251 e. The lowest BCUT2D eigenvalue weighted by Gasteiger charge is -2.13. The molecule has 0 aromatic heterocycles. The second-order valence-corrected chi connectivity index (χ2v) is 3.61. The normalized spacial score (nSPS) is 11.9. The van der Waals surface area contributed by atoms with Gasteiger partial charge < -0.3 is 10.6 Å². The van der Waals surface area contributed by atoms with Crippen molar-refractivity contribution in [3.05, 3.63) is 29.8 Å². The van der Waals surface area contributed by atoms with Crippen LogP contribution in [0.25, 0.3) is 0 Å². The molecule has 0 bridgehead atoms. The zero-order valence-electron chi connectivity index (χ0n) is 9.50. The van der Waals surface area contributed by atoms with E-state index in [1.165, 1.54) is 0 Å². The highest BCUT2D eigenvalue weighted by molar-refractivity contribution is 5.94. The van der Waals surface area contributed by atoms with Gasteiger partial charge in [-0.3, -0.25) is 4.79 Å². The molecule has 0 aliphatic heterocycles. The molecule has 1 atom stereocenters. The molecule has 1 aromatic rings. The Morgan fingerprint density at radius 3 is 2.80 bits per heavy atom. The number of anilines is 1. The van der Waals surface area contributed by atoms with Crippen LogP contribution in [-0.4, -0.2) is 19.0 Å². The van der Waals surface area contributed by atoms with Gasteiger partial charge >= 0.3 is 0 Å². The molecule has 1 rings (SSSR count). The van der Waals surface area contributed by atoms with Gasteiger partial charge in [-0.25, -0.2) is 0 Å². The molecule has 1 amide bonds. The fourth-order valence-electron chi connectivity index (χ4n) is 1.28. The topological polar surface area (TPSA) is 41.1 Å². The Kier molecular flexibility index (Phi) is 4.16. The number of carbonyl (C=O) groups is 1. The van der Waals surface area contributed by atoms with Gasteiger partial charge in [-0.2, -0.15) is 0 Å². The van der Waals surface area contributed by atoms with Crippen LogP contribution < -0.4 is 10.6 Å². The summed E-state index contributed by atoms with van der Waals surface area (Å²) in [6, 6.07) is 7.95. The number of hydrogen-bond acceptors (Lipinski definition) is 2. The first-order chi connectivity index (χ1) is 7.17. The Morgan fingerprint density at radius 1 is 1.47 bits per heavy atom. The molecule has 15 heavy (non-hydrogen) atoms. The molecule has 3 heteroatoms. The molecule has 0 fully saturated rings. The lowest BCUT2D eigenvalue weighted by molar-refractivity contribution is 0.0963. The molecule has 0 radical (unpaired) electrons. The standard InChI is InChI=1S/C12H18N2O/c1-4-9(2)14-11-7-5-6-10(8-11)12(15)13-3/h5-9,14H,4H2,1-3H3,(H,13,15).